The van der Waals surface area contributed by atoms with Gasteiger partial charge >= 0.3 is 0 Å². The lowest BCUT2D eigenvalue weighted by Gasteiger charge is -2.25. The average molecular weight is 383 g/mol. The second kappa shape index (κ2) is 11.0. The van der Waals surface area contributed by atoms with Crippen molar-refractivity contribution in [2.24, 2.45) is 11.8 Å². The maximum atomic E-state index is 12.8. The minimum Gasteiger partial charge on any atom is -0.397 e. The lowest BCUT2D eigenvalue weighted by Crippen LogP contribution is -2.40. The maximum absolute atomic E-state index is 12.8. The summed E-state index contributed by atoms with van der Waals surface area (Å²) in [5.41, 5.74) is -0.0491. The molecule has 1 saturated carbocycles. The fourth-order valence-electron chi connectivity index (χ4n) is 3.13. The van der Waals surface area contributed by atoms with Crippen molar-refractivity contribution in [3.63, 3.8) is 0 Å². The van der Waals surface area contributed by atoms with E-state index < -0.39 is 23.8 Å². The Morgan fingerprint density at radius 1 is 1.26 bits per heavy atom. The molecule has 5 nitrogen and oxygen atoms in total. The smallest absolute Gasteiger partial charge is 0.280 e. The van der Waals surface area contributed by atoms with Gasteiger partial charge in [0.25, 0.3) is 6.43 Å². The number of aliphatic hydroxyl groups is 1. The van der Waals surface area contributed by atoms with E-state index in [-0.39, 0.29) is 41.8 Å². The Morgan fingerprint density at radius 3 is 2.41 bits per heavy atom. The molecular formula is C20H27F2NO4. The molecule has 0 aromatic carbocycles. The summed E-state index contributed by atoms with van der Waals surface area (Å²) in [6.45, 7) is 5.62. The summed E-state index contributed by atoms with van der Waals surface area (Å²) in [7, 11) is 0. The third-order valence-corrected chi connectivity index (χ3v) is 4.47. The van der Waals surface area contributed by atoms with Gasteiger partial charge in [-0.2, -0.15) is 0 Å². The van der Waals surface area contributed by atoms with Crippen molar-refractivity contribution < 1.29 is 28.3 Å². The monoisotopic (exact) mass is 383 g/mol. The number of carbonyl (C=O) groups excluding carboxylic acids is 3. The van der Waals surface area contributed by atoms with E-state index in [0.29, 0.717) is 25.7 Å². The summed E-state index contributed by atoms with van der Waals surface area (Å²) in [6, 6.07) is 2.37. The molecule has 2 atom stereocenters. The molecule has 0 radical (unpaired) electrons. The van der Waals surface area contributed by atoms with Gasteiger partial charge < -0.3 is 5.11 Å². The summed E-state index contributed by atoms with van der Waals surface area (Å²) in [5.74, 6) is -2.92. The largest absolute Gasteiger partial charge is 0.397 e. The van der Waals surface area contributed by atoms with E-state index in [1.807, 2.05) is 13.8 Å². The number of aryl methyl sites for hydroxylation is 1. The number of halogens is 2. The molecule has 0 amide bonds. The molecule has 2 rings (SSSR count). The van der Waals surface area contributed by atoms with E-state index in [2.05, 4.69) is 4.98 Å². The normalized spacial score (nSPS) is 19.7. The zero-order chi connectivity index (χ0) is 20.6. The number of rotatable bonds is 6. The van der Waals surface area contributed by atoms with E-state index >= 15 is 0 Å². The number of nitrogens with zero attached hydrogens (tertiary/aromatic N) is 1. The number of aromatic nitrogens is 1. The molecule has 1 aliphatic rings. The standard InChI is InChI=1S/C18H21F2NO3.C2H6O/c1-3-5-12-11(7-8-13(21-12)18(19)20)17(24)15-14(22)9-6-10(4-2)16(15)23;1-2-3/h7-8,10,15,18H,3-6,9H2,1-2H3;3H,2H2,1H3. The zero-order valence-corrected chi connectivity index (χ0v) is 16.0. The van der Waals surface area contributed by atoms with Gasteiger partial charge in [0.05, 0.1) is 5.69 Å². The second-order valence-electron chi connectivity index (χ2n) is 6.41. The molecule has 1 aromatic rings. The third kappa shape index (κ3) is 5.73. The van der Waals surface area contributed by atoms with Gasteiger partial charge in [0, 0.05) is 24.5 Å². The first kappa shape index (κ1) is 23.0. The fourth-order valence-corrected chi connectivity index (χ4v) is 3.13. The minimum absolute atomic E-state index is 0.115. The number of pyridine rings is 1. The Bertz CT molecular complexity index is 676. The minimum atomic E-state index is -2.73. The summed E-state index contributed by atoms with van der Waals surface area (Å²) < 4.78 is 25.7. The summed E-state index contributed by atoms with van der Waals surface area (Å²) >= 11 is 0. The highest BCUT2D eigenvalue weighted by Crippen LogP contribution is 2.29. The van der Waals surface area contributed by atoms with Crippen molar-refractivity contribution in [3.8, 4) is 0 Å². The van der Waals surface area contributed by atoms with Crippen molar-refractivity contribution in [1.82, 2.24) is 4.98 Å². The molecule has 7 heteroatoms. The van der Waals surface area contributed by atoms with Crippen molar-refractivity contribution >= 4 is 17.3 Å². The molecule has 2 unspecified atom stereocenters. The van der Waals surface area contributed by atoms with E-state index in [4.69, 9.17) is 5.11 Å². The van der Waals surface area contributed by atoms with Gasteiger partial charge in [-0.15, -0.1) is 0 Å². The summed E-state index contributed by atoms with van der Waals surface area (Å²) in [4.78, 5) is 41.3. The molecule has 1 N–H and O–H groups in total. The lowest BCUT2D eigenvalue weighted by atomic mass is 9.74. The third-order valence-electron chi connectivity index (χ3n) is 4.47. The van der Waals surface area contributed by atoms with Gasteiger partial charge in [-0.25, -0.2) is 8.78 Å². The molecule has 150 valence electrons. The molecule has 0 bridgehead atoms. The Kier molecular flexibility index (Phi) is 9.35. The number of hydrogen-bond acceptors (Lipinski definition) is 5. The number of alkyl halides is 2. The van der Waals surface area contributed by atoms with E-state index in [9.17, 15) is 23.2 Å². The van der Waals surface area contributed by atoms with Crippen LogP contribution in [0.4, 0.5) is 8.78 Å². The molecule has 27 heavy (non-hydrogen) atoms. The lowest BCUT2D eigenvalue weighted by molar-refractivity contribution is -0.136. The van der Waals surface area contributed by atoms with Crippen LogP contribution in [0.15, 0.2) is 12.1 Å². The number of carbonyl (C=O) groups is 3. The van der Waals surface area contributed by atoms with Crippen molar-refractivity contribution in [2.75, 3.05) is 6.61 Å². The number of hydrogen-bond donors (Lipinski definition) is 1. The van der Waals surface area contributed by atoms with Gasteiger partial charge in [0.15, 0.2) is 17.3 Å². The first-order valence-corrected chi connectivity index (χ1v) is 9.31. The maximum Gasteiger partial charge on any atom is 0.280 e. The molecule has 0 spiro atoms. The molecule has 1 aromatic heterocycles. The average Bonchev–Trinajstić information content (AvgIpc) is 2.62. The Balaban J connectivity index is 0.00000114. The number of ketones is 3. The Labute approximate surface area is 158 Å². The van der Waals surface area contributed by atoms with Crippen LogP contribution in [-0.2, 0) is 16.0 Å². The van der Waals surface area contributed by atoms with Crippen LogP contribution in [0.2, 0.25) is 0 Å². The van der Waals surface area contributed by atoms with Crippen LogP contribution in [0.1, 0.15) is 74.6 Å². The van der Waals surface area contributed by atoms with Crippen molar-refractivity contribution in [3.05, 3.63) is 29.1 Å². The second-order valence-corrected chi connectivity index (χ2v) is 6.41. The highest BCUT2D eigenvalue weighted by Gasteiger charge is 2.41. The molecular weight excluding hydrogens is 356 g/mol. The van der Waals surface area contributed by atoms with Gasteiger partial charge in [-0.3, -0.25) is 19.4 Å². The predicted molar refractivity (Wildman–Crippen MR) is 96.8 cm³/mol. The Morgan fingerprint density at radius 2 is 1.89 bits per heavy atom. The van der Waals surface area contributed by atoms with E-state index in [1.165, 1.54) is 6.07 Å². The summed E-state index contributed by atoms with van der Waals surface area (Å²) in [6.07, 6.45) is -0.514. The SMILES string of the molecule is CCCc1nc(C(F)F)ccc1C(=O)C1C(=O)CCC(CC)C1=O.CCO. The van der Waals surface area contributed by atoms with Crippen molar-refractivity contribution in [1.29, 1.82) is 0 Å². The van der Waals surface area contributed by atoms with Gasteiger partial charge in [-0.05, 0) is 38.3 Å². The first-order valence-electron chi connectivity index (χ1n) is 9.31. The highest BCUT2D eigenvalue weighted by molar-refractivity contribution is 6.25. The topological polar surface area (TPSA) is 84.3 Å². The van der Waals surface area contributed by atoms with Crippen molar-refractivity contribution in [2.45, 2.75) is 59.3 Å². The zero-order valence-electron chi connectivity index (χ0n) is 16.0. The van der Waals surface area contributed by atoms with Crippen LogP contribution in [0.5, 0.6) is 0 Å². The molecule has 1 aliphatic carbocycles. The predicted octanol–water partition coefficient (Wildman–Crippen LogP) is 3.73. The van der Waals surface area contributed by atoms with Crippen LogP contribution in [-0.4, -0.2) is 34.0 Å². The van der Waals surface area contributed by atoms with Crippen LogP contribution in [0.25, 0.3) is 0 Å². The Hall–Kier alpha value is -2.02. The molecule has 0 saturated heterocycles. The first-order chi connectivity index (χ1) is 12.8. The van der Waals surface area contributed by atoms with Crippen LogP contribution in [0.3, 0.4) is 0 Å². The van der Waals surface area contributed by atoms with E-state index in [0.717, 1.165) is 6.07 Å². The summed E-state index contributed by atoms with van der Waals surface area (Å²) in [5, 5.41) is 7.57. The quantitative estimate of drug-likeness (QED) is 0.598. The van der Waals surface area contributed by atoms with Crippen LogP contribution < -0.4 is 0 Å². The number of Topliss-reactive ketones (excluding diaryl/α,β-unsaturated/α-hetero) is 3. The van der Waals surface area contributed by atoms with Gasteiger partial charge in [0.2, 0.25) is 0 Å². The number of aliphatic hydroxyl groups excluding tert-OH is 1. The fraction of sp³-hybridized carbons (Fsp3) is 0.600. The van der Waals surface area contributed by atoms with Crippen LogP contribution in [0, 0.1) is 11.8 Å². The van der Waals surface area contributed by atoms with Gasteiger partial charge in [-0.1, -0.05) is 20.3 Å². The molecule has 0 aliphatic heterocycles. The molecule has 1 heterocycles. The highest BCUT2D eigenvalue weighted by atomic mass is 19.3. The van der Waals surface area contributed by atoms with Gasteiger partial charge in [0.1, 0.15) is 11.6 Å². The van der Waals surface area contributed by atoms with Crippen LogP contribution >= 0.6 is 0 Å². The van der Waals surface area contributed by atoms with E-state index in [1.54, 1.807) is 6.92 Å². The molecule has 1 fully saturated rings.